The Morgan fingerprint density at radius 2 is 1.81 bits per heavy atom. The van der Waals surface area contributed by atoms with E-state index in [0.717, 1.165) is 5.56 Å². The van der Waals surface area contributed by atoms with Gasteiger partial charge in [0.2, 0.25) is 5.91 Å². The molecule has 2 rings (SSSR count). The van der Waals surface area contributed by atoms with Gasteiger partial charge in [0.1, 0.15) is 0 Å². The Kier molecular flexibility index (Phi) is 4.75. The summed E-state index contributed by atoms with van der Waals surface area (Å²) in [5, 5.41) is 3.37. The van der Waals surface area contributed by atoms with Crippen LogP contribution in [0.4, 0.5) is 5.00 Å². The van der Waals surface area contributed by atoms with E-state index < -0.39 is 0 Å². The van der Waals surface area contributed by atoms with Crippen LogP contribution in [0.2, 0.25) is 0 Å². The molecule has 1 aromatic carbocycles. The first kappa shape index (κ1) is 15.3. The number of aryl methyl sites for hydroxylation is 1. The number of carbonyl (C=O) groups excluding carboxylic acids is 2. The summed E-state index contributed by atoms with van der Waals surface area (Å²) in [6.07, 6.45) is 0. The largest absolute Gasteiger partial charge is 0.337 e. The first-order chi connectivity index (χ1) is 9.95. The summed E-state index contributed by atoms with van der Waals surface area (Å²) in [6.45, 7) is 4.05. The summed E-state index contributed by atoms with van der Waals surface area (Å²) in [4.78, 5) is 25.6. The van der Waals surface area contributed by atoms with Crippen molar-refractivity contribution < 1.29 is 9.59 Å². The molecule has 1 aromatic heterocycles. The lowest BCUT2D eigenvalue weighted by atomic mass is 10.1. The summed E-state index contributed by atoms with van der Waals surface area (Å²) in [5.74, 6) is -0.180. The number of amides is 2. The highest BCUT2D eigenvalue weighted by Gasteiger charge is 2.14. The number of benzene rings is 1. The Hall–Kier alpha value is -2.14. The summed E-state index contributed by atoms with van der Waals surface area (Å²) in [6, 6.07) is 11.6. The van der Waals surface area contributed by atoms with Crippen LogP contribution in [0.1, 0.15) is 27.7 Å². The molecular weight excluding hydrogens is 284 g/mol. The van der Waals surface area contributed by atoms with E-state index in [1.165, 1.54) is 23.8 Å². The molecule has 0 saturated carbocycles. The van der Waals surface area contributed by atoms with Gasteiger partial charge in [-0.2, -0.15) is 0 Å². The number of hydrogen-bond acceptors (Lipinski definition) is 3. The van der Waals surface area contributed by atoms with Gasteiger partial charge in [0, 0.05) is 20.5 Å². The summed E-state index contributed by atoms with van der Waals surface area (Å²) >= 11 is 1.29. The monoisotopic (exact) mass is 302 g/mol. The molecule has 5 heteroatoms. The van der Waals surface area contributed by atoms with E-state index >= 15 is 0 Å². The predicted molar refractivity (Wildman–Crippen MR) is 85.6 cm³/mol. The Bertz CT molecular complexity index is 647. The zero-order valence-corrected chi connectivity index (χ0v) is 13.2. The Morgan fingerprint density at radius 3 is 2.43 bits per heavy atom. The molecule has 2 aromatic rings. The highest BCUT2D eigenvalue weighted by Crippen LogP contribution is 2.23. The van der Waals surface area contributed by atoms with Crippen LogP contribution in [-0.2, 0) is 11.3 Å². The number of nitrogens with zero attached hydrogens (tertiary/aromatic N) is 1. The van der Waals surface area contributed by atoms with Gasteiger partial charge in [0.15, 0.2) is 0 Å². The molecule has 1 heterocycles. The number of anilines is 1. The third-order valence-electron chi connectivity index (χ3n) is 3.00. The fraction of sp³-hybridized carbons (Fsp3) is 0.250. The van der Waals surface area contributed by atoms with Crippen LogP contribution in [0.25, 0.3) is 0 Å². The van der Waals surface area contributed by atoms with Crippen molar-refractivity contribution in [2.45, 2.75) is 20.4 Å². The minimum absolute atomic E-state index is 0.0443. The van der Waals surface area contributed by atoms with E-state index in [0.29, 0.717) is 16.4 Å². The first-order valence-electron chi connectivity index (χ1n) is 6.64. The molecule has 2 amide bonds. The Morgan fingerprint density at radius 1 is 1.14 bits per heavy atom. The minimum Gasteiger partial charge on any atom is -0.337 e. The van der Waals surface area contributed by atoms with Crippen molar-refractivity contribution in [2.75, 3.05) is 12.4 Å². The fourth-order valence-corrected chi connectivity index (χ4v) is 2.87. The van der Waals surface area contributed by atoms with Crippen LogP contribution in [0.3, 0.4) is 0 Å². The lowest BCUT2D eigenvalue weighted by Crippen LogP contribution is -2.25. The van der Waals surface area contributed by atoms with E-state index in [1.807, 2.05) is 31.2 Å². The van der Waals surface area contributed by atoms with Crippen LogP contribution in [0, 0.1) is 6.92 Å². The standard InChI is InChI=1S/C16H18N2O2S/c1-11-4-6-13(7-5-11)10-18(3)16(20)14-8-9-15(21-14)17-12(2)19/h4-9H,10H2,1-3H3,(H,17,19). The average molecular weight is 302 g/mol. The first-order valence-corrected chi connectivity index (χ1v) is 7.46. The van der Waals surface area contributed by atoms with E-state index in [9.17, 15) is 9.59 Å². The highest BCUT2D eigenvalue weighted by molar-refractivity contribution is 7.18. The maximum absolute atomic E-state index is 12.3. The van der Waals surface area contributed by atoms with Gasteiger partial charge >= 0.3 is 0 Å². The molecule has 0 aliphatic heterocycles. The second-order valence-electron chi connectivity index (χ2n) is 4.99. The van der Waals surface area contributed by atoms with Crippen molar-refractivity contribution in [3.63, 3.8) is 0 Å². The number of nitrogens with one attached hydrogen (secondary N) is 1. The molecular formula is C16H18N2O2S. The van der Waals surface area contributed by atoms with Crippen molar-refractivity contribution in [1.29, 1.82) is 0 Å². The number of carbonyl (C=O) groups is 2. The fourth-order valence-electron chi connectivity index (χ4n) is 1.92. The van der Waals surface area contributed by atoms with E-state index in [4.69, 9.17) is 0 Å². The topological polar surface area (TPSA) is 49.4 Å². The van der Waals surface area contributed by atoms with Crippen LogP contribution < -0.4 is 5.32 Å². The van der Waals surface area contributed by atoms with Crippen LogP contribution in [0.15, 0.2) is 36.4 Å². The molecule has 4 nitrogen and oxygen atoms in total. The number of rotatable bonds is 4. The maximum Gasteiger partial charge on any atom is 0.264 e. The van der Waals surface area contributed by atoms with Crippen LogP contribution in [0.5, 0.6) is 0 Å². The molecule has 0 fully saturated rings. The molecule has 0 bridgehead atoms. The van der Waals surface area contributed by atoms with E-state index in [1.54, 1.807) is 24.1 Å². The molecule has 0 aliphatic carbocycles. The molecule has 0 radical (unpaired) electrons. The highest BCUT2D eigenvalue weighted by atomic mass is 32.1. The van der Waals surface area contributed by atoms with Gasteiger partial charge in [-0.1, -0.05) is 29.8 Å². The third kappa shape index (κ3) is 4.16. The molecule has 0 aliphatic rings. The summed E-state index contributed by atoms with van der Waals surface area (Å²) in [7, 11) is 1.78. The number of hydrogen-bond donors (Lipinski definition) is 1. The summed E-state index contributed by atoms with van der Waals surface area (Å²) in [5.41, 5.74) is 2.29. The van der Waals surface area contributed by atoms with Crippen molar-refractivity contribution in [2.24, 2.45) is 0 Å². The van der Waals surface area contributed by atoms with Gasteiger partial charge in [-0.15, -0.1) is 11.3 Å². The van der Waals surface area contributed by atoms with Gasteiger partial charge in [-0.25, -0.2) is 0 Å². The van der Waals surface area contributed by atoms with Gasteiger partial charge in [-0.05, 0) is 24.6 Å². The molecule has 0 atom stereocenters. The van der Waals surface area contributed by atoms with Gasteiger partial charge < -0.3 is 10.2 Å². The third-order valence-corrected chi connectivity index (χ3v) is 3.99. The molecule has 1 N–H and O–H groups in total. The minimum atomic E-state index is -0.135. The second kappa shape index (κ2) is 6.54. The summed E-state index contributed by atoms with van der Waals surface area (Å²) < 4.78 is 0. The average Bonchev–Trinajstić information content (AvgIpc) is 2.88. The van der Waals surface area contributed by atoms with E-state index in [-0.39, 0.29) is 11.8 Å². The van der Waals surface area contributed by atoms with Crippen molar-refractivity contribution in [3.8, 4) is 0 Å². The maximum atomic E-state index is 12.3. The van der Waals surface area contributed by atoms with Crippen LogP contribution in [-0.4, -0.2) is 23.8 Å². The molecule has 0 spiro atoms. The second-order valence-corrected chi connectivity index (χ2v) is 6.08. The van der Waals surface area contributed by atoms with Crippen molar-refractivity contribution in [1.82, 2.24) is 4.90 Å². The quantitative estimate of drug-likeness (QED) is 0.942. The molecule has 21 heavy (non-hydrogen) atoms. The predicted octanol–water partition coefficient (Wildman–Crippen LogP) is 3.29. The van der Waals surface area contributed by atoms with E-state index in [2.05, 4.69) is 5.32 Å². The normalized spacial score (nSPS) is 10.2. The Balaban J connectivity index is 2.03. The number of thiophene rings is 1. The van der Waals surface area contributed by atoms with Crippen LogP contribution >= 0.6 is 11.3 Å². The molecule has 0 unspecified atom stereocenters. The van der Waals surface area contributed by atoms with Gasteiger partial charge in [0.25, 0.3) is 5.91 Å². The zero-order valence-electron chi connectivity index (χ0n) is 12.3. The lowest BCUT2D eigenvalue weighted by molar-refractivity contribution is -0.114. The molecule has 110 valence electrons. The lowest BCUT2D eigenvalue weighted by Gasteiger charge is -2.16. The Labute approximate surface area is 128 Å². The smallest absolute Gasteiger partial charge is 0.264 e. The zero-order chi connectivity index (χ0) is 15.4. The van der Waals surface area contributed by atoms with Crippen molar-refractivity contribution >= 4 is 28.2 Å². The van der Waals surface area contributed by atoms with Gasteiger partial charge in [-0.3, -0.25) is 9.59 Å². The molecule has 0 saturated heterocycles. The van der Waals surface area contributed by atoms with Gasteiger partial charge in [0.05, 0.1) is 9.88 Å². The SMILES string of the molecule is CC(=O)Nc1ccc(C(=O)N(C)Cc2ccc(C)cc2)s1. The van der Waals surface area contributed by atoms with Crippen molar-refractivity contribution in [3.05, 3.63) is 52.4 Å².